The van der Waals surface area contributed by atoms with E-state index in [-0.39, 0.29) is 18.4 Å². The van der Waals surface area contributed by atoms with Gasteiger partial charge in [0.05, 0.1) is 13.1 Å². The van der Waals surface area contributed by atoms with Gasteiger partial charge in [-0.25, -0.2) is 4.99 Å². The maximum atomic E-state index is 12.6. The number of hydrogen-bond donors (Lipinski definition) is 3. The number of aryl methyl sites for hydroxylation is 1. The molecule has 1 aliphatic heterocycles. The third-order valence-corrected chi connectivity index (χ3v) is 5.51. The molecule has 1 atom stereocenters. The fraction of sp³-hybridized carbons (Fsp3) is 0.400. The maximum absolute atomic E-state index is 12.6. The molecule has 0 bridgehead atoms. The molecule has 2 aromatic carbocycles. The molecule has 1 saturated heterocycles. The van der Waals surface area contributed by atoms with Crippen molar-refractivity contribution in [2.45, 2.75) is 33.2 Å². The molecule has 3 N–H and O–H groups in total. The molecular weight excluding hydrogens is 402 g/mol. The number of guanidine groups is 1. The Morgan fingerprint density at radius 1 is 1.12 bits per heavy atom. The van der Waals surface area contributed by atoms with E-state index in [9.17, 15) is 9.59 Å². The minimum atomic E-state index is -0.116. The van der Waals surface area contributed by atoms with E-state index in [1.54, 1.807) is 17.0 Å². The predicted octanol–water partition coefficient (Wildman–Crippen LogP) is 2.43. The van der Waals surface area contributed by atoms with Gasteiger partial charge in [0.15, 0.2) is 5.96 Å². The molecule has 7 nitrogen and oxygen atoms in total. The lowest BCUT2D eigenvalue weighted by Crippen LogP contribution is -2.49. The zero-order chi connectivity index (χ0) is 22.9. The van der Waals surface area contributed by atoms with Crippen LogP contribution >= 0.6 is 0 Å². The van der Waals surface area contributed by atoms with Gasteiger partial charge < -0.3 is 20.9 Å². The number of rotatable bonds is 7. The Balaban J connectivity index is 1.56. The number of aliphatic imine (C=N–C) groups is 1. The van der Waals surface area contributed by atoms with Crippen LogP contribution in [0.2, 0.25) is 0 Å². The molecule has 1 unspecified atom stereocenters. The molecule has 0 spiro atoms. The first kappa shape index (κ1) is 23.3. The van der Waals surface area contributed by atoms with Gasteiger partial charge >= 0.3 is 0 Å². The van der Waals surface area contributed by atoms with Crippen molar-refractivity contribution < 1.29 is 9.59 Å². The average molecular weight is 436 g/mol. The molecule has 0 saturated carbocycles. The van der Waals surface area contributed by atoms with Crippen molar-refractivity contribution in [3.63, 3.8) is 0 Å². The average Bonchev–Trinajstić information content (AvgIpc) is 2.81. The van der Waals surface area contributed by atoms with Gasteiger partial charge in [-0.3, -0.25) is 9.59 Å². The number of piperazine rings is 1. The van der Waals surface area contributed by atoms with E-state index in [1.807, 2.05) is 19.1 Å². The maximum Gasteiger partial charge on any atom is 0.254 e. The molecule has 7 heteroatoms. The summed E-state index contributed by atoms with van der Waals surface area (Å²) in [5.74, 6) is 0.901. The fourth-order valence-electron chi connectivity index (χ4n) is 3.52. The highest BCUT2D eigenvalue weighted by atomic mass is 16.2. The fourth-order valence-corrected chi connectivity index (χ4v) is 3.52. The molecule has 2 aromatic rings. The van der Waals surface area contributed by atoms with Crippen LogP contribution in [0.5, 0.6) is 0 Å². The summed E-state index contributed by atoms with van der Waals surface area (Å²) in [5.41, 5.74) is 4.16. The highest BCUT2D eigenvalue weighted by molar-refractivity contribution is 5.97. The zero-order valence-corrected chi connectivity index (χ0v) is 19.1. The number of nitrogens with one attached hydrogen (secondary N) is 3. The van der Waals surface area contributed by atoms with Crippen LogP contribution in [-0.4, -0.2) is 55.4 Å². The third-order valence-electron chi connectivity index (χ3n) is 5.51. The molecular formula is C25H33N5O2. The van der Waals surface area contributed by atoms with Crippen LogP contribution in [0.25, 0.3) is 0 Å². The minimum Gasteiger partial charge on any atom is -0.357 e. The van der Waals surface area contributed by atoms with E-state index in [0.29, 0.717) is 31.1 Å². The van der Waals surface area contributed by atoms with Crippen molar-refractivity contribution in [3.8, 4) is 0 Å². The smallest absolute Gasteiger partial charge is 0.254 e. The van der Waals surface area contributed by atoms with Gasteiger partial charge in [-0.2, -0.15) is 0 Å². The molecule has 1 heterocycles. The quantitative estimate of drug-likeness (QED) is 0.461. The monoisotopic (exact) mass is 435 g/mol. The topological polar surface area (TPSA) is 85.8 Å². The Labute approximate surface area is 190 Å². The second-order valence-electron chi connectivity index (χ2n) is 8.16. The Kier molecular flexibility index (Phi) is 8.25. The van der Waals surface area contributed by atoms with Gasteiger partial charge in [-0.1, -0.05) is 48.9 Å². The molecule has 1 aliphatic rings. The first-order chi connectivity index (χ1) is 15.5. The van der Waals surface area contributed by atoms with E-state index in [4.69, 9.17) is 0 Å². The number of carbonyl (C=O) groups excluding carboxylic acids is 2. The minimum absolute atomic E-state index is 0.115. The summed E-state index contributed by atoms with van der Waals surface area (Å²) in [7, 11) is 0. The largest absolute Gasteiger partial charge is 0.357 e. The zero-order valence-electron chi connectivity index (χ0n) is 19.1. The SMILES string of the molecule is CCNC(=NCc1ccc(C(=O)N2CCNC(=O)C2)cc1)NCC(C)c1ccc(C)cc1. The van der Waals surface area contributed by atoms with Gasteiger partial charge in [0, 0.05) is 31.7 Å². The highest BCUT2D eigenvalue weighted by Crippen LogP contribution is 2.15. The summed E-state index contributed by atoms with van der Waals surface area (Å²) in [4.78, 5) is 30.4. The molecule has 1 fully saturated rings. The summed E-state index contributed by atoms with van der Waals surface area (Å²) in [6.07, 6.45) is 0. The molecule has 170 valence electrons. The molecule has 0 aliphatic carbocycles. The first-order valence-electron chi connectivity index (χ1n) is 11.2. The van der Waals surface area contributed by atoms with Crippen LogP contribution in [0.15, 0.2) is 53.5 Å². The van der Waals surface area contributed by atoms with Gasteiger partial charge in [-0.05, 0) is 43.0 Å². The van der Waals surface area contributed by atoms with Crippen molar-refractivity contribution in [3.05, 3.63) is 70.8 Å². The van der Waals surface area contributed by atoms with Gasteiger partial charge in [0.2, 0.25) is 5.91 Å². The lowest BCUT2D eigenvalue weighted by atomic mass is 10.0. The number of amides is 2. The Bertz CT molecular complexity index is 938. The number of carbonyl (C=O) groups is 2. The Morgan fingerprint density at radius 3 is 2.50 bits per heavy atom. The van der Waals surface area contributed by atoms with Crippen molar-refractivity contribution in [1.82, 2.24) is 20.9 Å². The summed E-state index contributed by atoms with van der Waals surface area (Å²) in [5, 5.41) is 9.44. The molecule has 0 radical (unpaired) electrons. The first-order valence-corrected chi connectivity index (χ1v) is 11.2. The normalized spacial score (nSPS) is 15.2. The van der Waals surface area contributed by atoms with Crippen LogP contribution in [0.3, 0.4) is 0 Å². The second kappa shape index (κ2) is 11.3. The van der Waals surface area contributed by atoms with E-state index >= 15 is 0 Å². The highest BCUT2D eigenvalue weighted by Gasteiger charge is 2.22. The van der Waals surface area contributed by atoms with Crippen LogP contribution in [0.1, 0.15) is 46.8 Å². The summed E-state index contributed by atoms with van der Waals surface area (Å²) in [6, 6.07) is 16.1. The van der Waals surface area contributed by atoms with E-state index in [1.165, 1.54) is 11.1 Å². The third kappa shape index (κ3) is 6.57. The van der Waals surface area contributed by atoms with Crippen molar-refractivity contribution >= 4 is 17.8 Å². The van der Waals surface area contributed by atoms with Crippen LogP contribution < -0.4 is 16.0 Å². The van der Waals surface area contributed by atoms with Crippen LogP contribution in [-0.2, 0) is 11.3 Å². The van der Waals surface area contributed by atoms with Gasteiger partial charge in [0.25, 0.3) is 5.91 Å². The predicted molar refractivity (Wildman–Crippen MR) is 128 cm³/mol. The molecule has 0 aromatic heterocycles. The van der Waals surface area contributed by atoms with Crippen LogP contribution in [0, 0.1) is 6.92 Å². The van der Waals surface area contributed by atoms with Crippen molar-refractivity contribution in [2.75, 3.05) is 32.7 Å². The number of hydrogen-bond acceptors (Lipinski definition) is 3. The second-order valence-corrected chi connectivity index (χ2v) is 8.16. The molecule has 3 rings (SSSR count). The Morgan fingerprint density at radius 2 is 1.84 bits per heavy atom. The van der Waals surface area contributed by atoms with Crippen molar-refractivity contribution in [1.29, 1.82) is 0 Å². The molecule has 32 heavy (non-hydrogen) atoms. The summed E-state index contributed by atoms with van der Waals surface area (Å²) >= 11 is 0. The van der Waals surface area contributed by atoms with Gasteiger partial charge in [0.1, 0.15) is 0 Å². The van der Waals surface area contributed by atoms with Crippen molar-refractivity contribution in [2.24, 2.45) is 4.99 Å². The Hall–Kier alpha value is -3.35. The standard InChI is InChI=1S/C25H33N5O2/c1-4-26-25(28-15-19(3)21-9-5-18(2)6-10-21)29-16-20-7-11-22(12-8-20)24(32)30-14-13-27-23(31)17-30/h5-12,19H,4,13-17H2,1-3H3,(H,27,31)(H2,26,28,29). The lowest BCUT2D eigenvalue weighted by Gasteiger charge is -2.26. The number of benzene rings is 2. The van der Waals surface area contributed by atoms with Gasteiger partial charge in [-0.15, -0.1) is 0 Å². The lowest BCUT2D eigenvalue weighted by molar-refractivity contribution is -0.123. The van der Waals surface area contributed by atoms with Crippen LogP contribution in [0.4, 0.5) is 0 Å². The summed E-state index contributed by atoms with van der Waals surface area (Å²) in [6.45, 7) is 9.56. The molecule has 2 amide bonds. The van der Waals surface area contributed by atoms with E-state index in [2.05, 4.69) is 59.1 Å². The summed E-state index contributed by atoms with van der Waals surface area (Å²) < 4.78 is 0. The van der Waals surface area contributed by atoms with E-state index in [0.717, 1.165) is 24.6 Å². The number of nitrogens with zero attached hydrogens (tertiary/aromatic N) is 2. The van der Waals surface area contributed by atoms with E-state index < -0.39 is 0 Å².